The van der Waals surface area contributed by atoms with Crippen LogP contribution in [0.3, 0.4) is 0 Å². The van der Waals surface area contributed by atoms with E-state index in [4.69, 9.17) is 9.47 Å². The number of allylic oxidation sites excluding steroid dienone is 1. The number of carbonyl (C=O) groups is 3. The molecule has 9 aliphatic rings. The van der Waals surface area contributed by atoms with Crippen LogP contribution in [0.1, 0.15) is 144 Å². The molecule has 7 saturated heterocycles. The molecule has 6 aromatic rings. The number of aromatic nitrogens is 3. The fourth-order valence-corrected chi connectivity index (χ4v) is 15.3. The summed E-state index contributed by atoms with van der Waals surface area (Å²) >= 11 is 0. The summed E-state index contributed by atoms with van der Waals surface area (Å²) in [5, 5.41) is 10.3. The lowest BCUT2D eigenvalue weighted by molar-refractivity contribution is -0.170. The summed E-state index contributed by atoms with van der Waals surface area (Å²) in [6, 6.07) is 24.0. The van der Waals surface area contributed by atoms with Crippen molar-refractivity contribution in [3.05, 3.63) is 159 Å². The van der Waals surface area contributed by atoms with Gasteiger partial charge in [-0.15, -0.1) is 6.58 Å². The number of rotatable bonds is 18. The molecule has 10 heterocycles. The van der Waals surface area contributed by atoms with E-state index in [2.05, 4.69) is 71.1 Å². The first-order valence-electron chi connectivity index (χ1n) is 34.5. The number of piperidine rings is 1. The molecule has 510 valence electrons. The Morgan fingerprint density at radius 3 is 1.99 bits per heavy atom. The van der Waals surface area contributed by atoms with Crippen LogP contribution in [0.2, 0.25) is 0 Å². The van der Waals surface area contributed by atoms with Gasteiger partial charge in [-0.25, -0.2) is 4.98 Å². The van der Waals surface area contributed by atoms with Gasteiger partial charge in [-0.1, -0.05) is 56.3 Å². The summed E-state index contributed by atoms with van der Waals surface area (Å²) in [5.74, 6) is -0.241. The number of likely N-dealkylation sites (N-methyl/N-ethyl adjacent to an activating group) is 3. The molecule has 18 nitrogen and oxygen atoms in total. The Labute approximate surface area is 557 Å². The lowest BCUT2D eigenvalue weighted by Crippen LogP contribution is -2.66. The second-order valence-corrected chi connectivity index (χ2v) is 27.5. The highest BCUT2D eigenvalue weighted by molar-refractivity contribution is 6.08. The van der Waals surface area contributed by atoms with Crippen molar-refractivity contribution in [1.29, 1.82) is 0 Å². The lowest BCUT2D eigenvalue weighted by atomic mass is 9.70. The fraction of sp³-hybridized carbons (Fsp3) is 0.541. The van der Waals surface area contributed by atoms with Crippen molar-refractivity contribution in [3.8, 4) is 0 Å². The third kappa shape index (κ3) is 16.0. The Morgan fingerprint density at radius 1 is 0.737 bits per heavy atom. The molecule has 9 fully saturated rings. The third-order valence-electron chi connectivity index (χ3n) is 21.5. The number of hydrogen-bond acceptors (Lipinski definition) is 14. The molecular formula is C74H97F3N12O6. The molecule has 95 heavy (non-hydrogen) atoms. The second-order valence-electron chi connectivity index (χ2n) is 27.5. The number of aryl methyl sites for hydroxylation is 1. The minimum absolute atomic E-state index is 0.00593. The average Bonchev–Trinajstić information content (AvgIpc) is 0.776. The Balaban J connectivity index is 0.000000373. The van der Waals surface area contributed by atoms with Gasteiger partial charge in [-0.2, -0.15) is 13.2 Å². The average molecular weight is 1310 g/mol. The number of alkyl halides is 3. The zero-order chi connectivity index (χ0) is 67.0. The van der Waals surface area contributed by atoms with Crippen molar-refractivity contribution in [2.45, 2.75) is 132 Å². The van der Waals surface area contributed by atoms with Gasteiger partial charge in [-0.05, 0) is 175 Å². The molecule has 0 unspecified atom stereocenters. The van der Waals surface area contributed by atoms with Crippen LogP contribution in [-0.4, -0.2) is 205 Å². The van der Waals surface area contributed by atoms with Gasteiger partial charge in [0, 0.05) is 127 Å². The van der Waals surface area contributed by atoms with Gasteiger partial charge in [0.25, 0.3) is 23.3 Å². The number of H-pyrrole nitrogens is 1. The minimum atomic E-state index is -4.52. The van der Waals surface area contributed by atoms with E-state index in [0.29, 0.717) is 68.7 Å². The first-order chi connectivity index (χ1) is 45.8. The Kier molecular flexibility index (Phi) is 22.0. The summed E-state index contributed by atoms with van der Waals surface area (Å²) in [5.41, 5.74) is 5.69. The van der Waals surface area contributed by atoms with Gasteiger partial charge in [0.15, 0.2) is 0 Å². The lowest BCUT2D eigenvalue weighted by Gasteiger charge is -2.54. The molecule has 3 aromatic carbocycles. The molecule has 0 radical (unpaired) electrons. The predicted molar refractivity (Wildman–Crippen MR) is 367 cm³/mol. The first kappa shape index (κ1) is 69.2. The number of likely N-dealkylation sites (tertiary alicyclic amines) is 1. The van der Waals surface area contributed by atoms with E-state index in [9.17, 15) is 32.3 Å². The van der Waals surface area contributed by atoms with Crippen LogP contribution in [0.5, 0.6) is 0 Å². The number of benzene rings is 3. The van der Waals surface area contributed by atoms with Crippen molar-refractivity contribution < 1.29 is 37.0 Å². The Hall–Kier alpha value is -7.11. The number of aromatic amines is 1. The summed E-state index contributed by atoms with van der Waals surface area (Å²) in [6.07, 6.45) is 11.4. The van der Waals surface area contributed by atoms with Gasteiger partial charge in [-0.3, -0.25) is 38.9 Å². The van der Waals surface area contributed by atoms with Gasteiger partial charge < -0.3 is 45.1 Å². The number of piperazine rings is 2. The number of nitrogens with one attached hydrogen (secondary N) is 4. The molecule has 7 aliphatic heterocycles. The number of nitrogens with zero attached hydrogens (tertiary/aromatic N) is 8. The smallest absolute Gasteiger partial charge is 0.372 e. The largest absolute Gasteiger partial charge is 0.417 e. The molecule has 15 rings (SSSR count). The maximum Gasteiger partial charge on any atom is 0.417 e. The zero-order valence-electron chi connectivity index (χ0n) is 56.3. The fourth-order valence-electron chi connectivity index (χ4n) is 15.3. The maximum absolute atomic E-state index is 13.7. The van der Waals surface area contributed by atoms with Crippen LogP contribution in [0.15, 0.2) is 115 Å². The SMILES string of the molecule is C=CC.CCN(CCNC)CC12CCC(NC)(CC1)CO2.CCc1cc2ncc(CN3CCN(c4ccc(C(=O)NC56CCC(CN7CCN(C(=O)c8ccc(C9CCN(C(=O)c%10cccc%11c(C(F)(F)F)cccc%10%11)CC9)cc8)CC7)(CC5)OC6)nc4)CC3)cc2[nH]c1=O. The monoisotopic (exact) mass is 1310 g/mol. The number of ether oxygens (including phenoxy) is 2. The summed E-state index contributed by atoms with van der Waals surface area (Å²) in [4.78, 5) is 78.7. The number of halogens is 3. The highest BCUT2D eigenvalue weighted by atomic mass is 19.4. The minimum Gasteiger partial charge on any atom is -0.372 e. The van der Waals surface area contributed by atoms with Crippen LogP contribution >= 0.6 is 0 Å². The van der Waals surface area contributed by atoms with Crippen LogP contribution in [0.25, 0.3) is 21.8 Å². The van der Waals surface area contributed by atoms with Crippen LogP contribution < -0.4 is 26.4 Å². The van der Waals surface area contributed by atoms with E-state index in [0.717, 1.165) is 150 Å². The van der Waals surface area contributed by atoms with Gasteiger partial charge >= 0.3 is 6.18 Å². The van der Waals surface area contributed by atoms with E-state index < -0.39 is 17.3 Å². The number of fused-ring (bicyclic) bond motifs is 8. The highest BCUT2D eigenvalue weighted by Crippen LogP contribution is 2.46. The summed E-state index contributed by atoms with van der Waals surface area (Å²) in [7, 11) is 4.10. The van der Waals surface area contributed by atoms with Crippen LogP contribution in [-0.2, 0) is 28.6 Å². The molecule has 2 aliphatic carbocycles. The molecule has 3 amide bonds. The Morgan fingerprint density at radius 2 is 1.38 bits per heavy atom. The van der Waals surface area contributed by atoms with Crippen molar-refractivity contribution in [1.82, 2.24) is 55.4 Å². The third-order valence-corrected chi connectivity index (χ3v) is 21.5. The van der Waals surface area contributed by atoms with Crippen molar-refractivity contribution in [3.63, 3.8) is 0 Å². The molecule has 4 bridgehead atoms. The van der Waals surface area contributed by atoms with Crippen molar-refractivity contribution >= 4 is 45.2 Å². The van der Waals surface area contributed by atoms with E-state index in [1.54, 1.807) is 29.3 Å². The number of pyridine rings is 3. The second kappa shape index (κ2) is 30.1. The van der Waals surface area contributed by atoms with Gasteiger partial charge in [0.2, 0.25) is 0 Å². The molecular weight excluding hydrogens is 1210 g/mol. The molecule has 4 N–H and O–H groups in total. The van der Waals surface area contributed by atoms with Crippen LogP contribution in [0, 0.1) is 0 Å². The quantitative estimate of drug-likeness (QED) is 0.0597. The standard InChI is InChI=1S/C57H62F3N9O5.C14H29N3O.C3H6/c1-2-39-32-49-50(63-51(39)70)31-38(33-61-49)35-65-23-27-67(28-24-65)43-13-14-48(62-34-43)52(71)64-55-17-19-56(20-18-55,74-37-55)36-66-25-29-69(30-26-66)53(72)42-11-9-40(10-12-42)41-15-21-68(22-16-41)54(73)46-7-3-6-45-44(46)5-4-8-47(45)57(58,59)60;1-4-17(10-9-15-2)11-14-7-5-13(16-3,6-8-14)12-18-14;1-3-2/h3-14,31-34,41H,2,15-30,35-37H2,1H3,(H,63,70)(H,64,71);15-16H,4-12H2,1-3H3;3H,1H2,2H3. The maximum atomic E-state index is 13.7. The van der Waals surface area contributed by atoms with E-state index in [1.807, 2.05) is 80.5 Å². The predicted octanol–water partition coefficient (Wildman–Crippen LogP) is 9.69. The summed E-state index contributed by atoms with van der Waals surface area (Å²) < 4.78 is 54.0. The van der Waals surface area contributed by atoms with Gasteiger partial charge in [0.05, 0.1) is 58.4 Å². The zero-order valence-corrected chi connectivity index (χ0v) is 56.3. The number of carbonyl (C=O) groups excluding carboxylic acids is 3. The summed E-state index contributed by atoms with van der Waals surface area (Å²) in [6.45, 7) is 23.8. The van der Waals surface area contributed by atoms with Gasteiger partial charge in [0.1, 0.15) is 5.69 Å². The molecule has 2 saturated carbocycles. The number of anilines is 1. The normalized spacial score (nSPS) is 24.1. The first-order valence-corrected chi connectivity index (χ1v) is 34.5. The highest BCUT2D eigenvalue weighted by Gasteiger charge is 2.52. The van der Waals surface area contributed by atoms with E-state index in [-0.39, 0.29) is 56.9 Å². The molecule has 3 aromatic heterocycles. The molecule has 0 atom stereocenters. The number of amides is 3. The van der Waals surface area contributed by atoms with Crippen LogP contribution in [0.4, 0.5) is 18.9 Å². The topological polar surface area (TPSA) is 184 Å². The molecule has 0 spiro atoms. The number of hydrogen-bond donors (Lipinski definition) is 4. The van der Waals surface area contributed by atoms with Crippen molar-refractivity contribution in [2.24, 2.45) is 0 Å². The molecule has 21 heteroatoms. The van der Waals surface area contributed by atoms with E-state index >= 15 is 0 Å². The Bertz CT molecular complexity index is 3640. The van der Waals surface area contributed by atoms with E-state index in [1.165, 1.54) is 43.9 Å². The van der Waals surface area contributed by atoms with Crippen molar-refractivity contribution in [2.75, 3.05) is 130 Å².